The molecule has 2 heterocycles. The summed E-state index contributed by atoms with van der Waals surface area (Å²) in [6.07, 6.45) is 0.932. The lowest BCUT2D eigenvalue weighted by Crippen LogP contribution is -2.31. The summed E-state index contributed by atoms with van der Waals surface area (Å²) < 4.78 is 5.29. The van der Waals surface area contributed by atoms with Crippen LogP contribution in [0, 0.1) is 12.8 Å². The van der Waals surface area contributed by atoms with E-state index in [0.29, 0.717) is 39.1 Å². The van der Waals surface area contributed by atoms with E-state index in [-0.39, 0.29) is 29.1 Å². The number of esters is 1. The lowest BCUT2D eigenvalue weighted by atomic mass is 9.99. The molecule has 3 N–H and O–H groups in total. The Hall–Kier alpha value is -5.05. The van der Waals surface area contributed by atoms with Gasteiger partial charge in [0.2, 0.25) is 5.95 Å². The van der Waals surface area contributed by atoms with E-state index in [1.165, 1.54) is 5.56 Å². The summed E-state index contributed by atoms with van der Waals surface area (Å²) in [4.78, 5) is 51.4. The monoisotopic (exact) mass is 549 g/mol. The van der Waals surface area contributed by atoms with Crippen molar-refractivity contribution in [3.8, 4) is 11.3 Å². The zero-order valence-electron chi connectivity index (χ0n) is 23.4. The maximum Gasteiger partial charge on any atom is 0.342 e. The highest BCUT2D eigenvalue weighted by Gasteiger charge is 2.22. The molecule has 3 aromatic carbocycles. The molecular weight excluding hydrogens is 518 g/mol. The van der Waals surface area contributed by atoms with E-state index in [2.05, 4.69) is 39.7 Å². The number of benzene rings is 3. The van der Waals surface area contributed by atoms with E-state index in [4.69, 9.17) is 4.74 Å². The number of fused-ring (bicyclic) bond motifs is 2. The van der Waals surface area contributed by atoms with Gasteiger partial charge in [0.15, 0.2) is 5.43 Å². The molecule has 9 heteroatoms. The zero-order valence-corrected chi connectivity index (χ0v) is 23.4. The first-order valence-corrected chi connectivity index (χ1v) is 13.5. The average Bonchev–Trinajstić information content (AvgIpc) is 2.95. The van der Waals surface area contributed by atoms with Crippen LogP contribution in [-0.4, -0.2) is 33.4 Å². The average molecular weight is 550 g/mol. The van der Waals surface area contributed by atoms with Crippen molar-refractivity contribution >= 4 is 39.6 Å². The Morgan fingerprint density at radius 3 is 2.41 bits per heavy atom. The summed E-state index contributed by atoms with van der Waals surface area (Å²) in [7, 11) is 0. The minimum absolute atomic E-state index is 0.101. The molecular formula is C32H31N5O4. The van der Waals surface area contributed by atoms with E-state index in [9.17, 15) is 14.4 Å². The van der Waals surface area contributed by atoms with E-state index in [1.54, 1.807) is 50.2 Å². The summed E-state index contributed by atoms with van der Waals surface area (Å²) >= 11 is 0. The number of carbonyl (C=O) groups excluding carboxylic acids is 2. The van der Waals surface area contributed by atoms with Crippen LogP contribution in [0.3, 0.4) is 0 Å². The minimum atomic E-state index is -0.520. The van der Waals surface area contributed by atoms with Crippen LogP contribution in [0.25, 0.3) is 33.1 Å². The number of amides is 1. The van der Waals surface area contributed by atoms with Crippen molar-refractivity contribution in [1.29, 1.82) is 0 Å². The molecule has 9 nitrogen and oxygen atoms in total. The van der Waals surface area contributed by atoms with Crippen molar-refractivity contribution < 1.29 is 14.3 Å². The number of aromatic amines is 1. The topological polar surface area (TPSA) is 126 Å². The molecule has 0 radical (unpaired) electrons. The molecule has 0 saturated heterocycles. The molecule has 1 amide bonds. The van der Waals surface area contributed by atoms with Gasteiger partial charge >= 0.3 is 5.97 Å². The van der Waals surface area contributed by atoms with Crippen molar-refractivity contribution in [2.24, 2.45) is 5.92 Å². The Kier molecular flexibility index (Phi) is 7.78. The van der Waals surface area contributed by atoms with Crippen LogP contribution >= 0.6 is 0 Å². The van der Waals surface area contributed by atoms with Crippen LogP contribution in [0.2, 0.25) is 0 Å². The van der Waals surface area contributed by atoms with Crippen LogP contribution in [-0.2, 0) is 11.2 Å². The predicted octanol–water partition coefficient (Wildman–Crippen LogP) is 5.58. The van der Waals surface area contributed by atoms with Gasteiger partial charge in [-0.2, -0.15) is 0 Å². The summed E-state index contributed by atoms with van der Waals surface area (Å²) in [5, 5.41) is 0.955. The molecule has 2 aromatic heterocycles. The molecule has 0 aliphatic rings. The van der Waals surface area contributed by atoms with E-state index in [0.717, 1.165) is 12.0 Å². The largest absolute Gasteiger partial charge is 0.462 e. The van der Waals surface area contributed by atoms with Crippen molar-refractivity contribution in [3.05, 3.63) is 99.3 Å². The van der Waals surface area contributed by atoms with Crippen molar-refractivity contribution in [3.63, 3.8) is 0 Å². The van der Waals surface area contributed by atoms with Gasteiger partial charge in [-0.25, -0.2) is 14.8 Å². The Balaban J connectivity index is 1.48. The number of nitrogens with one attached hydrogen (secondary N) is 3. The van der Waals surface area contributed by atoms with Gasteiger partial charge in [-0.05, 0) is 56.0 Å². The second-order valence-corrected chi connectivity index (χ2v) is 10.2. The molecule has 5 rings (SSSR count). The molecule has 0 fully saturated rings. The van der Waals surface area contributed by atoms with Crippen molar-refractivity contribution in [1.82, 2.24) is 20.4 Å². The highest BCUT2D eigenvalue weighted by Crippen LogP contribution is 2.27. The van der Waals surface area contributed by atoms with Gasteiger partial charge in [0.05, 0.1) is 29.1 Å². The van der Waals surface area contributed by atoms with Gasteiger partial charge in [-0.3, -0.25) is 20.4 Å². The van der Waals surface area contributed by atoms with Crippen LogP contribution in [0.5, 0.6) is 0 Å². The zero-order chi connectivity index (χ0) is 29.1. The summed E-state index contributed by atoms with van der Waals surface area (Å²) in [6, 6.07) is 20.0. The fourth-order valence-corrected chi connectivity index (χ4v) is 4.87. The second-order valence-electron chi connectivity index (χ2n) is 10.2. The number of para-hydroxylation sites is 2. The van der Waals surface area contributed by atoms with Gasteiger partial charge in [0.25, 0.3) is 5.91 Å². The highest BCUT2D eigenvalue weighted by atomic mass is 16.5. The van der Waals surface area contributed by atoms with Crippen LogP contribution in [0.1, 0.15) is 52.7 Å². The number of carbonyl (C=O) groups is 2. The number of aryl methyl sites for hydroxylation is 1. The van der Waals surface area contributed by atoms with Crippen LogP contribution in [0.15, 0.2) is 71.5 Å². The Morgan fingerprint density at radius 2 is 1.68 bits per heavy atom. The number of hydrogen-bond donors (Lipinski definition) is 3. The number of anilines is 1. The number of pyridine rings is 1. The van der Waals surface area contributed by atoms with Gasteiger partial charge < -0.3 is 9.72 Å². The molecule has 41 heavy (non-hydrogen) atoms. The Bertz CT molecular complexity index is 1830. The van der Waals surface area contributed by atoms with Crippen molar-refractivity contribution in [2.75, 3.05) is 12.0 Å². The summed E-state index contributed by atoms with van der Waals surface area (Å²) in [6.45, 7) is 7.96. The third-order valence-electron chi connectivity index (χ3n) is 6.71. The number of hydrazine groups is 1. The summed E-state index contributed by atoms with van der Waals surface area (Å²) in [5.74, 6) is -0.398. The lowest BCUT2D eigenvalue weighted by Gasteiger charge is -2.15. The van der Waals surface area contributed by atoms with Crippen LogP contribution < -0.4 is 16.3 Å². The Morgan fingerprint density at radius 1 is 0.951 bits per heavy atom. The quantitative estimate of drug-likeness (QED) is 0.131. The smallest absolute Gasteiger partial charge is 0.342 e. The molecule has 0 unspecified atom stereocenters. The molecule has 5 aromatic rings. The molecule has 0 aliphatic heterocycles. The third kappa shape index (κ3) is 5.65. The first kappa shape index (κ1) is 27.5. The first-order valence-electron chi connectivity index (χ1n) is 13.5. The SMILES string of the molecule is CCOC(=O)c1c(C)nc(NNC(=O)c2cccc3c(=O)c4ccccc4[nH]c23)nc1-c1ccc(CC(C)C)cc1. The number of aromatic nitrogens is 3. The first-order chi connectivity index (χ1) is 19.8. The second kappa shape index (κ2) is 11.6. The molecule has 0 bridgehead atoms. The van der Waals surface area contributed by atoms with E-state index in [1.807, 2.05) is 30.3 Å². The molecule has 0 atom stereocenters. The molecule has 0 aliphatic carbocycles. The number of H-pyrrole nitrogens is 1. The highest BCUT2D eigenvalue weighted by molar-refractivity contribution is 6.08. The fourth-order valence-electron chi connectivity index (χ4n) is 4.87. The van der Waals surface area contributed by atoms with Crippen molar-refractivity contribution in [2.45, 2.75) is 34.1 Å². The number of hydrogen-bond acceptors (Lipinski definition) is 7. The third-order valence-corrected chi connectivity index (χ3v) is 6.71. The summed E-state index contributed by atoms with van der Waals surface area (Å²) in [5.41, 5.74) is 9.55. The lowest BCUT2D eigenvalue weighted by molar-refractivity contribution is 0.0525. The van der Waals surface area contributed by atoms with Gasteiger partial charge in [0, 0.05) is 21.9 Å². The predicted molar refractivity (Wildman–Crippen MR) is 160 cm³/mol. The van der Waals surface area contributed by atoms with Gasteiger partial charge in [-0.15, -0.1) is 0 Å². The van der Waals surface area contributed by atoms with Gasteiger partial charge in [0.1, 0.15) is 5.56 Å². The number of nitrogens with zero attached hydrogens (tertiary/aromatic N) is 2. The molecule has 0 saturated carbocycles. The number of rotatable bonds is 8. The maximum atomic E-state index is 13.3. The molecule has 208 valence electrons. The van der Waals surface area contributed by atoms with Crippen LogP contribution in [0.4, 0.5) is 5.95 Å². The molecule has 0 spiro atoms. The van der Waals surface area contributed by atoms with Gasteiger partial charge in [-0.1, -0.05) is 56.3 Å². The standard InChI is InChI=1S/C32H31N5O4/c1-5-41-31(40)26-19(4)33-32(35-27(26)21-15-13-20(14-16-21)17-18(2)3)37-36-30(39)24-11-8-10-23-28(24)34-25-12-7-6-9-22(25)29(23)38/h6-16,18H,5,17H2,1-4H3,(H,34,38)(H,36,39)(H,33,35,37). The minimum Gasteiger partial charge on any atom is -0.462 e. The maximum absolute atomic E-state index is 13.3. The van der Waals surface area contributed by atoms with E-state index < -0.39 is 11.9 Å². The number of ether oxygens (including phenoxy) is 1. The Labute approximate surface area is 237 Å². The van der Waals surface area contributed by atoms with E-state index >= 15 is 0 Å². The normalized spacial score (nSPS) is 11.1. The fraction of sp³-hybridized carbons (Fsp3) is 0.219.